The average Bonchev–Trinajstić information content (AvgIpc) is 2.25. The summed E-state index contributed by atoms with van der Waals surface area (Å²) in [6.45, 7) is 1.76. The molecule has 3 atom stereocenters. The topological polar surface area (TPSA) is 57.6 Å². The first-order chi connectivity index (χ1) is 6.70. The molecule has 14 heavy (non-hydrogen) atoms. The number of rotatable bonds is 3. The number of hydrogen-bond acceptors (Lipinski definition) is 3. The summed E-state index contributed by atoms with van der Waals surface area (Å²) in [5.41, 5.74) is 0. The number of amides is 2. The highest BCUT2D eigenvalue weighted by Crippen LogP contribution is 2.43. The van der Waals surface area contributed by atoms with Gasteiger partial charge in [-0.05, 0) is 19.3 Å². The Labute approximate surface area is 82.9 Å². The molecule has 0 aromatic heterocycles. The molecule has 0 aromatic carbocycles. The molecule has 2 amide bonds. The van der Waals surface area contributed by atoms with Crippen molar-refractivity contribution in [3.8, 4) is 0 Å². The number of likely N-dealkylation sites (tertiary alicyclic amines) is 1. The number of hydrogen-bond donors (Lipinski definition) is 1. The van der Waals surface area contributed by atoms with Gasteiger partial charge >= 0.3 is 0 Å². The van der Waals surface area contributed by atoms with E-state index in [1.807, 2.05) is 6.92 Å². The van der Waals surface area contributed by atoms with Crippen molar-refractivity contribution in [1.82, 2.24) is 4.90 Å². The predicted molar refractivity (Wildman–Crippen MR) is 49.2 cm³/mol. The predicted octanol–water partition coefficient (Wildman–Crippen LogP) is 0.152. The molecule has 2 unspecified atom stereocenters. The van der Waals surface area contributed by atoms with E-state index >= 15 is 0 Å². The lowest BCUT2D eigenvalue weighted by molar-refractivity contribution is -0.143. The van der Waals surface area contributed by atoms with E-state index in [4.69, 9.17) is 5.11 Å². The lowest BCUT2D eigenvalue weighted by Gasteiger charge is -2.24. The van der Waals surface area contributed by atoms with Crippen LogP contribution in [0.1, 0.15) is 26.2 Å². The second-order valence-electron chi connectivity index (χ2n) is 4.08. The van der Waals surface area contributed by atoms with Crippen molar-refractivity contribution in [3.63, 3.8) is 0 Å². The monoisotopic (exact) mass is 197 g/mol. The zero-order chi connectivity index (χ0) is 10.3. The lowest BCUT2D eigenvalue weighted by atomic mass is 9.76. The van der Waals surface area contributed by atoms with E-state index in [2.05, 4.69) is 0 Å². The molecule has 1 N–H and O–H groups in total. The largest absolute Gasteiger partial charge is 0.394 e. The molecule has 2 aliphatic rings. The Kier molecular flexibility index (Phi) is 2.31. The highest BCUT2D eigenvalue weighted by molar-refractivity contribution is 6.06. The summed E-state index contributed by atoms with van der Waals surface area (Å²) in [4.78, 5) is 24.8. The fourth-order valence-electron chi connectivity index (χ4n) is 2.31. The normalized spacial score (nSPS) is 32.9. The summed E-state index contributed by atoms with van der Waals surface area (Å²) in [5.74, 6) is -0.259. The highest BCUT2D eigenvalue weighted by Gasteiger charge is 2.54. The summed E-state index contributed by atoms with van der Waals surface area (Å²) in [6.07, 6.45) is 2.31. The minimum atomic E-state index is -0.305. The molecule has 4 heteroatoms. The third-order valence-corrected chi connectivity index (χ3v) is 3.43. The zero-order valence-corrected chi connectivity index (χ0v) is 8.27. The van der Waals surface area contributed by atoms with Gasteiger partial charge < -0.3 is 5.11 Å². The highest BCUT2D eigenvalue weighted by atomic mass is 16.3. The standard InChI is InChI=1S/C10H15NO3/c1-2-6(5-12)11-9(13)7-3-4-8(7)10(11)14/h6-8,12H,2-5H2,1H3/t6-,7?,8?/m1/s1. The van der Waals surface area contributed by atoms with Crippen molar-refractivity contribution in [2.45, 2.75) is 32.2 Å². The van der Waals surface area contributed by atoms with Gasteiger partial charge in [-0.1, -0.05) is 6.92 Å². The number of carbonyl (C=O) groups excluding carboxylic acids is 2. The van der Waals surface area contributed by atoms with E-state index in [0.29, 0.717) is 6.42 Å². The van der Waals surface area contributed by atoms with Crippen LogP contribution in [-0.4, -0.2) is 34.5 Å². The molecule has 2 rings (SSSR count). The summed E-state index contributed by atoms with van der Waals surface area (Å²) in [5, 5.41) is 9.07. The first kappa shape index (κ1) is 9.65. The minimum Gasteiger partial charge on any atom is -0.394 e. The van der Waals surface area contributed by atoms with Crippen LogP contribution < -0.4 is 0 Å². The van der Waals surface area contributed by atoms with Gasteiger partial charge in [0.25, 0.3) is 0 Å². The Bertz CT molecular complexity index is 251. The summed E-state index contributed by atoms with van der Waals surface area (Å²) < 4.78 is 0. The van der Waals surface area contributed by atoms with E-state index in [-0.39, 0.29) is 36.3 Å². The Balaban J connectivity index is 2.18. The number of aliphatic hydroxyl groups is 1. The van der Waals surface area contributed by atoms with Gasteiger partial charge in [-0.3, -0.25) is 14.5 Å². The molecule has 1 heterocycles. The number of aliphatic hydroxyl groups excluding tert-OH is 1. The fourth-order valence-corrected chi connectivity index (χ4v) is 2.31. The van der Waals surface area contributed by atoms with Gasteiger partial charge in [-0.2, -0.15) is 0 Å². The van der Waals surface area contributed by atoms with Gasteiger partial charge in [0, 0.05) is 0 Å². The van der Waals surface area contributed by atoms with E-state index in [9.17, 15) is 9.59 Å². The van der Waals surface area contributed by atoms with Crippen LogP contribution in [0.3, 0.4) is 0 Å². The molecular formula is C10H15NO3. The van der Waals surface area contributed by atoms with E-state index < -0.39 is 0 Å². The average molecular weight is 197 g/mol. The molecule has 1 aliphatic carbocycles. The van der Waals surface area contributed by atoms with E-state index in [0.717, 1.165) is 12.8 Å². The van der Waals surface area contributed by atoms with Crippen LogP contribution in [0.15, 0.2) is 0 Å². The number of fused-ring (bicyclic) bond motifs is 1. The molecule has 78 valence electrons. The summed E-state index contributed by atoms with van der Waals surface area (Å²) in [6, 6.07) is -0.305. The maximum Gasteiger partial charge on any atom is 0.233 e. The first-order valence-corrected chi connectivity index (χ1v) is 5.18. The number of nitrogens with zero attached hydrogens (tertiary/aromatic N) is 1. The molecule has 1 aliphatic heterocycles. The van der Waals surface area contributed by atoms with Crippen LogP contribution in [0, 0.1) is 11.8 Å². The quantitative estimate of drug-likeness (QED) is 0.655. The maximum atomic E-state index is 11.7. The summed E-state index contributed by atoms with van der Waals surface area (Å²) in [7, 11) is 0. The van der Waals surface area contributed by atoms with Crippen molar-refractivity contribution in [3.05, 3.63) is 0 Å². The Morgan fingerprint density at radius 3 is 2.14 bits per heavy atom. The Morgan fingerprint density at radius 1 is 1.36 bits per heavy atom. The first-order valence-electron chi connectivity index (χ1n) is 5.18. The third kappa shape index (κ3) is 1.10. The number of imide groups is 1. The molecule has 4 nitrogen and oxygen atoms in total. The van der Waals surface area contributed by atoms with Crippen LogP contribution in [0.4, 0.5) is 0 Å². The fraction of sp³-hybridized carbons (Fsp3) is 0.800. The van der Waals surface area contributed by atoms with Crippen molar-refractivity contribution >= 4 is 11.8 Å². The molecule has 2 fully saturated rings. The Hall–Kier alpha value is -0.900. The van der Waals surface area contributed by atoms with E-state index in [1.165, 1.54) is 4.90 Å². The molecule has 0 aromatic rings. The molecular weight excluding hydrogens is 182 g/mol. The second kappa shape index (κ2) is 3.35. The minimum absolute atomic E-state index is 0.0628. The number of carbonyl (C=O) groups is 2. The zero-order valence-electron chi connectivity index (χ0n) is 8.27. The Morgan fingerprint density at radius 2 is 1.86 bits per heavy atom. The van der Waals surface area contributed by atoms with Crippen molar-refractivity contribution < 1.29 is 14.7 Å². The van der Waals surface area contributed by atoms with Gasteiger partial charge in [0.15, 0.2) is 0 Å². The van der Waals surface area contributed by atoms with Gasteiger partial charge in [0.05, 0.1) is 24.5 Å². The lowest BCUT2D eigenvalue weighted by Crippen LogP contribution is -2.42. The van der Waals surface area contributed by atoms with Crippen LogP contribution in [0.5, 0.6) is 0 Å². The van der Waals surface area contributed by atoms with Crippen molar-refractivity contribution in [1.29, 1.82) is 0 Å². The van der Waals surface area contributed by atoms with E-state index in [1.54, 1.807) is 0 Å². The van der Waals surface area contributed by atoms with Crippen LogP contribution in [-0.2, 0) is 9.59 Å². The second-order valence-corrected chi connectivity index (χ2v) is 4.08. The van der Waals surface area contributed by atoms with Gasteiger partial charge in [-0.25, -0.2) is 0 Å². The van der Waals surface area contributed by atoms with Crippen molar-refractivity contribution in [2.24, 2.45) is 11.8 Å². The molecule has 0 radical (unpaired) electrons. The molecule has 0 spiro atoms. The molecule has 1 saturated heterocycles. The maximum absolute atomic E-state index is 11.7. The van der Waals surface area contributed by atoms with Gasteiger partial charge in [0.2, 0.25) is 11.8 Å². The van der Waals surface area contributed by atoms with Crippen molar-refractivity contribution in [2.75, 3.05) is 6.61 Å². The van der Waals surface area contributed by atoms with Gasteiger partial charge in [-0.15, -0.1) is 0 Å². The summed E-state index contributed by atoms with van der Waals surface area (Å²) >= 11 is 0. The van der Waals surface area contributed by atoms with Crippen LogP contribution >= 0.6 is 0 Å². The van der Waals surface area contributed by atoms with Gasteiger partial charge in [0.1, 0.15) is 0 Å². The molecule has 0 bridgehead atoms. The van der Waals surface area contributed by atoms with Crippen LogP contribution in [0.25, 0.3) is 0 Å². The molecule has 1 saturated carbocycles. The third-order valence-electron chi connectivity index (χ3n) is 3.43. The van der Waals surface area contributed by atoms with Crippen LogP contribution in [0.2, 0.25) is 0 Å². The smallest absolute Gasteiger partial charge is 0.233 e. The SMILES string of the molecule is CC[C@H](CO)N1C(=O)C2CCC2C1=O.